The van der Waals surface area contributed by atoms with E-state index in [1.54, 1.807) is 111 Å². The molecule has 0 fully saturated rings. The standard InChI is InChI=1S/4C12H20O6.Ti/c4*1-6(2)17-12(18-7(3)4)10(14)9(8(5)13)11(15)16;/h4*6-7,9,12H,1-5H3,(H,15,16);/q;;;;+4/p-4. The molecule has 0 spiro atoms. The average Bonchev–Trinajstić information content (AvgIpc) is 3.15. The Balaban J connectivity index is -0.000000280. The molecule has 24 nitrogen and oxygen atoms in total. The average molecular weight is 1080 g/mol. The van der Waals surface area contributed by atoms with Gasteiger partial charge in [0.1, 0.15) is 46.8 Å². The number of aliphatic carboxylic acids is 4. The van der Waals surface area contributed by atoms with Crippen molar-refractivity contribution in [3.63, 3.8) is 0 Å². The summed E-state index contributed by atoms with van der Waals surface area (Å²) in [6.45, 7) is 30.8. The van der Waals surface area contributed by atoms with Crippen molar-refractivity contribution < 1.29 is 138 Å². The zero-order valence-corrected chi connectivity index (χ0v) is 47.1. The maximum absolute atomic E-state index is 11.9. The molecule has 0 saturated carbocycles. The Morgan fingerprint density at radius 1 is 0.247 bits per heavy atom. The normalized spacial score (nSPS) is 12.9. The van der Waals surface area contributed by atoms with Crippen molar-refractivity contribution in [2.24, 2.45) is 23.7 Å². The molecule has 0 radical (unpaired) electrons. The third kappa shape index (κ3) is 34.7. The smallest absolute Gasteiger partial charge is 0.549 e. The number of Topliss-reactive ketones (excluding diaryl/α,β-unsaturated/α-hetero) is 8. The van der Waals surface area contributed by atoms with Crippen LogP contribution in [0.1, 0.15) is 138 Å². The Morgan fingerprint density at radius 3 is 0.397 bits per heavy atom. The first-order chi connectivity index (χ1) is 32.6. The number of hydrogen-bond donors (Lipinski definition) is 0. The van der Waals surface area contributed by atoms with E-state index in [0.29, 0.717) is 0 Å². The van der Waals surface area contributed by atoms with Crippen LogP contribution in [0.3, 0.4) is 0 Å². The van der Waals surface area contributed by atoms with Crippen LogP contribution in [0, 0.1) is 23.7 Å². The topological polar surface area (TPSA) is 371 Å². The number of ketones is 8. The number of carboxylic acid groups (broad SMARTS) is 4. The second kappa shape index (κ2) is 39.1. The second-order valence-corrected chi connectivity index (χ2v) is 17.9. The molecule has 0 aliphatic heterocycles. The van der Waals surface area contributed by atoms with Crippen molar-refractivity contribution in [1.82, 2.24) is 0 Å². The van der Waals surface area contributed by atoms with E-state index >= 15 is 0 Å². The van der Waals surface area contributed by atoms with Crippen LogP contribution in [0.2, 0.25) is 0 Å². The summed E-state index contributed by atoms with van der Waals surface area (Å²) in [6.07, 6.45) is -8.24. The Labute approximate surface area is 442 Å². The molecule has 0 bridgehead atoms. The van der Waals surface area contributed by atoms with Gasteiger partial charge in [-0.25, -0.2) is 0 Å². The van der Waals surface area contributed by atoms with Crippen LogP contribution in [-0.2, 0) is 117 Å². The minimum absolute atomic E-state index is 0. The predicted molar refractivity (Wildman–Crippen MR) is 242 cm³/mol. The number of carbonyl (C=O) groups is 12. The van der Waals surface area contributed by atoms with E-state index in [9.17, 15) is 78.0 Å². The number of rotatable bonds is 32. The van der Waals surface area contributed by atoms with Gasteiger partial charge in [-0.3, -0.25) is 38.4 Å². The molecule has 4 unspecified atom stereocenters. The molecule has 0 aromatic carbocycles. The molecule has 0 saturated heterocycles. The Hall–Kier alpha value is -4.37. The van der Waals surface area contributed by atoms with Crippen LogP contribution in [-0.4, -0.2) is 144 Å². The Kier molecular flexibility index (Phi) is 41.5. The van der Waals surface area contributed by atoms with Crippen LogP contribution in [0.15, 0.2) is 0 Å². The first-order valence-electron chi connectivity index (χ1n) is 22.9. The van der Waals surface area contributed by atoms with Crippen LogP contribution >= 0.6 is 0 Å². The third-order valence-electron chi connectivity index (χ3n) is 7.80. The summed E-state index contributed by atoms with van der Waals surface area (Å²) in [7, 11) is 0. The van der Waals surface area contributed by atoms with E-state index in [1.165, 1.54) is 0 Å². The Bertz CT molecular complexity index is 1450. The molecule has 4 atom stereocenters. The van der Waals surface area contributed by atoms with E-state index in [1.807, 2.05) is 0 Å². The molecule has 0 rings (SSSR count). The fraction of sp³-hybridized carbons (Fsp3) is 0.750. The monoisotopic (exact) mass is 1080 g/mol. The minimum Gasteiger partial charge on any atom is -0.549 e. The number of carboxylic acids is 4. The molecule has 0 aromatic heterocycles. The zero-order valence-electron chi connectivity index (χ0n) is 45.5. The third-order valence-corrected chi connectivity index (χ3v) is 7.80. The molecule has 0 N–H and O–H groups in total. The van der Waals surface area contributed by atoms with Gasteiger partial charge in [-0.2, -0.15) is 0 Å². The second-order valence-electron chi connectivity index (χ2n) is 17.9. The van der Waals surface area contributed by atoms with Crippen LogP contribution in [0.4, 0.5) is 0 Å². The summed E-state index contributed by atoms with van der Waals surface area (Å²) in [5.74, 6) is -21.3. The molecule has 25 heteroatoms. The van der Waals surface area contributed by atoms with Crippen molar-refractivity contribution in [2.45, 2.75) is 212 Å². The van der Waals surface area contributed by atoms with Gasteiger partial charge in [0.15, 0.2) is 0 Å². The first-order valence-corrected chi connectivity index (χ1v) is 22.9. The van der Waals surface area contributed by atoms with E-state index in [0.717, 1.165) is 27.7 Å². The largest absolute Gasteiger partial charge is 4.00 e. The van der Waals surface area contributed by atoms with Gasteiger partial charge in [0.05, 0.1) is 72.7 Å². The van der Waals surface area contributed by atoms with Crippen molar-refractivity contribution in [1.29, 1.82) is 0 Å². The molecule has 0 heterocycles. The number of ether oxygens (including phenoxy) is 8. The first kappa shape index (κ1) is 77.5. The summed E-state index contributed by atoms with van der Waals surface area (Å²) < 4.78 is 41.5. The summed E-state index contributed by atoms with van der Waals surface area (Å²) >= 11 is 0. The van der Waals surface area contributed by atoms with Crippen molar-refractivity contribution in [3.8, 4) is 0 Å². The maximum Gasteiger partial charge on any atom is 4.00 e. The van der Waals surface area contributed by atoms with E-state index in [-0.39, 0.29) is 70.5 Å². The van der Waals surface area contributed by atoms with Gasteiger partial charge in [0.2, 0.25) is 48.3 Å². The summed E-state index contributed by atoms with van der Waals surface area (Å²) in [6, 6.07) is 0. The molecule has 73 heavy (non-hydrogen) atoms. The molecule has 416 valence electrons. The van der Waals surface area contributed by atoms with Gasteiger partial charge >= 0.3 is 21.7 Å². The van der Waals surface area contributed by atoms with Crippen molar-refractivity contribution in [2.75, 3.05) is 0 Å². The number of carbonyl (C=O) groups excluding carboxylic acids is 12. The fourth-order valence-electron chi connectivity index (χ4n) is 5.12. The van der Waals surface area contributed by atoms with Gasteiger partial charge < -0.3 is 77.5 Å². The molecule has 0 aliphatic rings. The van der Waals surface area contributed by atoms with E-state index in [4.69, 9.17) is 37.9 Å². The summed E-state index contributed by atoms with van der Waals surface area (Å²) in [5, 5.41) is 43.2. The van der Waals surface area contributed by atoms with Crippen LogP contribution in [0.5, 0.6) is 0 Å². The van der Waals surface area contributed by atoms with E-state index < -0.39 is 119 Å². The zero-order chi connectivity index (χ0) is 57.8. The van der Waals surface area contributed by atoms with E-state index in [2.05, 4.69) is 0 Å². The van der Waals surface area contributed by atoms with Crippen molar-refractivity contribution >= 4 is 70.1 Å². The fourth-order valence-corrected chi connectivity index (χ4v) is 5.12. The predicted octanol–water partition coefficient (Wildman–Crippen LogP) is -1.26. The summed E-state index contributed by atoms with van der Waals surface area (Å²) in [4.78, 5) is 135. The van der Waals surface area contributed by atoms with Gasteiger partial charge in [-0.1, -0.05) is 0 Å². The molecular formula is C48H76O24Ti. The SMILES string of the molecule is CC(=O)C(C(=O)[O-])C(=O)C(OC(C)C)OC(C)C.CC(=O)C(C(=O)[O-])C(=O)C(OC(C)C)OC(C)C.CC(=O)C(C(=O)[O-])C(=O)C(OC(C)C)OC(C)C.CC(=O)C(C(=O)[O-])C(=O)C(OC(C)C)OC(C)C.[Ti+4]. The quantitative estimate of drug-likeness (QED) is 0.0431. The maximum atomic E-state index is 11.9. The summed E-state index contributed by atoms with van der Waals surface area (Å²) in [5.41, 5.74) is 0. The molecular weight excluding hydrogens is 1010 g/mol. The molecule has 0 amide bonds. The molecule has 0 aliphatic carbocycles. The van der Waals surface area contributed by atoms with Gasteiger partial charge in [-0.05, 0) is 138 Å². The minimum atomic E-state index is -1.85. The van der Waals surface area contributed by atoms with Crippen LogP contribution < -0.4 is 20.4 Å². The van der Waals surface area contributed by atoms with Crippen LogP contribution in [0.25, 0.3) is 0 Å². The number of hydrogen-bond acceptors (Lipinski definition) is 24. The van der Waals surface area contributed by atoms with Crippen molar-refractivity contribution in [3.05, 3.63) is 0 Å². The molecule has 0 aromatic rings. The van der Waals surface area contributed by atoms with Gasteiger partial charge in [-0.15, -0.1) is 0 Å². The Morgan fingerprint density at radius 2 is 0.342 bits per heavy atom. The van der Waals surface area contributed by atoms with Gasteiger partial charge in [0, 0.05) is 0 Å². The van der Waals surface area contributed by atoms with Gasteiger partial charge in [0.25, 0.3) is 0 Å².